The van der Waals surface area contributed by atoms with Crippen LogP contribution < -0.4 is 5.32 Å². The minimum Gasteiger partial charge on any atom is -0.348 e. The van der Waals surface area contributed by atoms with Crippen LogP contribution in [0, 0.1) is 3.57 Å². The SMILES string of the molecule is CN(C)Cc1ccc(-c2ccccc2CNC(=O)c2ccccc2I)cc1. The summed E-state index contributed by atoms with van der Waals surface area (Å²) < 4.78 is 0.956. The first-order valence-corrected chi connectivity index (χ1v) is 9.97. The van der Waals surface area contributed by atoms with Crippen LogP contribution in [0.25, 0.3) is 11.1 Å². The number of rotatable bonds is 6. The van der Waals surface area contributed by atoms with Gasteiger partial charge in [0, 0.05) is 16.7 Å². The van der Waals surface area contributed by atoms with Gasteiger partial charge >= 0.3 is 0 Å². The van der Waals surface area contributed by atoms with E-state index in [1.807, 2.05) is 36.4 Å². The molecule has 0 atom stereocenters. The quantitative estimate of drug-likeness (QED) is 0.518. The maximum absolute atomic E-state index is 12.5. The highest BCUT2D eigenvalue weighted by molar-refractivity contribution is 14.1. The van der Waals surface area contributed by atoms with Gasteiger partial charge in [-0.05, 0) is 71.1 Å². The van der Waals surface area contributed by atoms with Crippen LogP contribution in [0.1, 0.15) is 21.5 Å². The molecule has 0 aliphatic heterocycles. The van der Waals surface area contributed by atoms with Crippen molar-refractivity contribution < 1.29 is 4.79 Å². The van der Waals surface area contributed by atoms with Crippen LogP contribution in [0.2, 0.25) is 0 Å². The van der Waals surface area contributed by atoms with Crippen molar-refractivity contribution in [2.24, 2.45) is 0 Å². The first-order valence-electron chi connectivity index (χ1n) is 8.89. The number of carbonyl (C=O) groups is 1. The van der Waals surface area contributed by atoms with Crippen molar-refractivity contribution >= 4 is 28.5 Å². The van der Waals surface area contributed by atoms with Crippen LogP contribution in [-0.4, -0.2) is 24.9 Å². The summed E-state index contributed by atoms with van der Waals surface area (Å²) in [5.41, 5.74) is 5.42. The van der Waals surface area contributed by atoms with Gasteiger partial charge in [0.15, 0.2) is 0 Å². The van der Waals surface area contributed by atoms with E-state index in [0.29, 0.717) is 12.1 Å². The summed E-state index contributed by atoms with van der Waals surface area (Å²) in [6.07, 6.45) is 0. The topological polar surface area (TPSA) is 32.3 Å². The second kappa shape index (κ2) is 9.15. The number of nitrogens with zero attached hydrogens (tertiary/aromatic N) is 1. The van der Waals surface area contributed by atoms with E-state index in [2.05, 4.69) is 83.3 Å². The molecular formula is C23H23IN2O. The summed E-state index contributed by atoms with van der Waals surface area (Å²) in [7, 11) is 4.14. The molecule has 0 aliphatic carbocycles. The summed E-state index contributed by atoms with van der Waals surface area (Å²) in [5.74, 6) is -0.0452. The molecule has 3 aromatic carbocycles. The fraction of sp³-hybridized carbons (Fsp3) is 0.174. The number of halogens is 1. The number of carbonyl (C=O) groups excluding carboxylic acids is 1. The van der Waals surface area contributed by atoms with Gasteiger partial charge < -0.3 is 10.2 Å². The molecule has 1 amide bonds. The molecule has 3 aromatic rings. The smallest absolute Gasteiger partial charge is 0.252 e. The molecule has 0 fully saturated rings. The lowest BCUT2D eigenvalue weighted by Crippen LogP contribution is -2.23. The van der Waals surface area contributed by atoms with Crippen LogP contribution in [0.3, 0.4) is 0 Å². The highest BCUT2D eigenvalue weighted by Crippen LogP contribution is 2.24. The number of benzene rings is 3. The maximum Gasteiger partial charge on any atom is 0.252 e. The Balaban J connectivity index is 1.76. The Kier molecular flexibility index (Phi) is 6.63. The third-order valence-corrected chi connectivity index (χ3v) is 5.28. The highest BCUT2D eigenvalue weighted by atomic mass is 127. The Hall–Kier alpha value is -2.18. The van der Waals surface area contributed by atoms with Crippen molar-refractivity contribution in [3.63, 3.8) is 0 Å². The highest BCUT2D eigenvalue weighted by Gasteiger charge is 2.10. The summed E-state index contributed by atoms with van der Waals surface area (Å²) in [6.45, 7) is 1.42. The van der Waals surface area contributed by atoms with Gasteiger partial charge in [0.1, 0.15) is 0 Å². The molecule has 0 heterocycles. The molecule has 27 heavy (non-hydrogen) atoms. The minimum atomic E-state index is -0.0452. The van der Waals surface area contributed by atoms with Gasteiger partial charge in [-0.15, -0.1) is 0 Å². The van der Waals surface area contributed by atoms with Gasteiger partial charge in [0.05, 0.1) is 5.56 Å². The van der Waals surface area contributed by atoms with E-state index in [1.165, 1.54) is 5.56 Å². The lowest BCUT2D eigenvalue weighted by atomic mass is 9.98. The average molecular weight is 470 g/mol. The minimum absolute atomic E-state index is 0.0452. The lowest BCUT2D eigenvalue weighted by Gasteiger charge is -2.13. The van der Waals surface area contributed by atoms with E-state index >= 15 is 0 Å². The van der Waals surface area contributed by atoms with Crippen molar-refractivity contribution in [1.29, 1.82) is 0 Å². The molecule has 4 heteroatoms. The number of nitrogens with one attached hydrogen (secondary N) is 1. The van der Waals surface area contributed by atoms with Crippen LogP contribution in [0.15, 0.2) is 72.8 Å². The normalized spacial score (nSPS) is 10.8. The Morgan fingerprint density at radius 1 is 0.926 bits per heavy atom. The van der Waals surface area contributed by atoms with E-state index in [-0.39, 0.29) is 5.91 Å². The van der Waals surface area contributed by atoms with Crippen molar-refractivity contribution in [2.45, 2.75) is 13.1 Å². The third-order valence-electron chi connectivity index (χ3n) is 4.34. The predicted octanol–water partition coefficient (Wildman–Crippen LogP) is 4.95. The van der Waals surface area contributed by atoms with Gasteiger partial charge in [-0.1, -0.05) is 60.7 Å². The van der Waals surface area contributed by atoms with Gasteiger partial charge in [0.25, 0.3) is 5.91 Å². The molecule has 0 unspecified atom stereocenters. The van der Waals surface area contributed by atoms with Crippen molar-refractivity contribution in [3.8, 4) is 11.1 Å². The van der Waals surface area contributed by atoms with Gasteiger partial charge in [-0.3, -0.25) is 4.79 Å². The fourth-order valence-electron chi connectivity index (χ4n) is 3.03. The van der Waals surface area contributed by atoms with Crippen LogP contribution in [0.4, 0.5) is 0 Å². The molecule has 0 bridgehead atoms. The van der Waals surface area contributed by atoms with E-state index in [0.717, 1.165) is 26.8 Å². The summed E-state index contributed by atoms with van der Waals surface area (Å²) in [4.78, 5) is 14.7. The maximum atomic E-state index is 12.5. The van der Waals surface area contributed by atoms with Crippen LogP contribution in [-0.2, 0) is 13.1 Å². The summed E-state index contributed by atoms with van der Waals surface area (Å²) in [6, 6.07) is 24.5. The predicted molar refractivity (Wildman–Crippen MR) is 120 cm³/mol. The van der Waals surface area contributed by atoms with E-state index in [9.17, 15) is 4.79 Å². The summed E-state index contributed by atoms with van der Waals surface area (Å²) in [5, 5.41) is 3.05. The largest absolute Gasteiger partial charge is 0.348 e. The third kappa shape index (κ3) is 5.17. The zero-order valence-electron chi connectivity index (χ0n) is 15.6. The molecule has 0 radical (unpaired) electrons. The lowest BCUT2D eigenvalue weighted by molar-refractivity contribution is 0.0950. The Bertz CT molecular complexity index is 920. The molecule has 1 N–H and O–H groups in total. The second-order valence-electron chi connectivity index (χ2n) is 6.75. The number of hydrogen-bond donors (Lipinski definition) is 1. The Labute approximate surface area is 174 Å². The standard InChI is InChI=1S/C23H23IN2O/c1-26(2)16-17-11-13-18(14-12-17)20-8-4-3-7-19(20)15-25-23(27)21-9-5-6-10-22(21)24/h3-14H,15-16H2,1-2H3,(H,25,27). The molecule has 0 aliphatic rings. The number of amides is 1. The van der Waals surface area contributed by atoms with Crippen LogP contribution >= 0.6 is 22.6 Å². The molecule has 0 saturated carbocycles. The molecule has 3 rings (SSSR count). The van der Waals surface area contributed by atoms with Crippen molar-refractivity contribution in [3.05, 3.63) is 93.1 Å². The molecule has 3 nitrogen and oxygen atoms in total. The second-order valence-corrected chi connectivity index (χ2v) is 7.92. The van der Waals surface area contributed by atoms with E-state index < -0.39 is 0 Å². The average Bonchev–Trinajstić information content (AvgIpc) is 2.67. The molecule has 138 valence electrons. The molecule has 0 saturated heterocycles. The first kappa shape index (κ1) is 19.6. The fourth-order valence-corrected chi connectivity index (χ4v) is 3.66. The summed E-state index contributed by atoms with van der Waals surface area (Å²) >= 11 is 2.19. The van der Waals surface area contributed by atoms with Crippen molar-refractivity contribution in [2.75, 3.05) is 14.1 Å². The van der Waals surface area contributed by atoms with Crippen LogP contribution in [0.5, 0.6) is 0 Å². The van der Waals surface area contributed by atoms with Crippen molar-refractivity contribution in [1.82, 2.24) is 10.2 Å². The number of hydrogen-bond acceptors (Lipinski definition) is 2. The van der Waals surface area contributed by atoms with E-state index in [4.69, 9.17) is 0 Å². The zero-order chi connectivity index (χ0) is 19.2. The van der Waals surface area contributed by atoms with E-state index in [1.54, 1.807) is 0 Å². The zero-order valence-corrected chi connectivity index (χ0v) is 17.7. The Morgan fingerprint density at radius 2 is 1.59 bits per heavy atom. The van der Waals surface area contributed by atoms with Gasteiger partial charge in [-0.25, -0.2) is 0 Å². The molecule has 0 spiro atoms. The van der Waals surface area contributed by atoms with Gasteiger partial charge in [0.2, 0.25) is 0 Å². The molecular weight excluding hydrogens is 447 g/mol. The molecule has 0 aromatic heterocycles. The monoisotopic (exact) mass is 470 g/mol. The first-order chi connectivity index (χ1) is 13.0. The van der Waals surface area contributed by atoms with Gasteiger partial charge in [-0.2, -0.15) is 0 Å². The Morgan fingerprint density at radius 3 is 2.30 bits per heavy atom.